The number of carbonyl (C=O) groups excluding carboxylic acids is 2. The van der Waals surface area contributed by atoms with Crippen LogP contribution in [0.1, 0.15) is 55.8 Å². The van der Waals surface area contributed by atoms with Crippen molar-refractivity contribution in [2.24, 2.45) is 0 Å². The van der Waals surface area contributed by atoms with Gasteiger partial charge < -0.3 is 14.9 Å². The summed E-state index contributed by atoms with van der Waals surface area (Å²) >= 11 is 0. The van der Waals surface area contributed by atoms with Crippen molar-refractivity contribution < 1.29 is 23.6 Å². The molecule has 0 aliphatic heterocycles. The summed E-state index contributed by atoms with van der Waals surface area (Å²) in [5.41, 5.74) is 1.94. The third-order valence-corrected chi connectivity index (χ3v) is 5.33. The predicted octanol–water partition coefficient (Wildman–Crippen LogP) is 4.10. The molecule has 1 amide bonds. The molecule has 1 aliphatic carbocycles. The van der Waals surface area contributed by atoms with Gasteiger partial charge in [-0.2, -0.15) is 9.37 Å². The number of aliphatic hydroxyl groups is 1. The Kier molecular flexibility index (Phi) is 8.01. The summed E-state index contributed by atoms with van der Waals surface area (Å²) in [6.45, 7) is 5.51. The number of nitrogens with zero attached hydrogens (tertiary/aromatic N) is 3. The largest absolute Gasteiger partial charge is 0.508 e. The predicted molar refractivity (Wildman–Crippen MR) is 119 cm³/mol. The van der Waals surface area contributed by atoms with E-state index in [0.29, 0.717) is 48.0 Å². The number of allylic oxidation sites excluding steroid dienone is 6. The van der Waals surface area contributed by atoms with Crippen molar-refractivity contribution in [2.45, 2.75) is 44.9 Å². The Morgan fingerprint density at radius 1 is 1.42 bits per heavy atom. The van der Waals surface area contributed by atoms with Crippen LogP contribution in [0.5, 0.6) is 0 Å². The van der Waals surface area contributed by atoms with Crippen LogP contribution in [0.2, 0.25) is 0 Å². The molecule has 172 valence electrons. The maximum atomic E-state index is 14.0. The fourth-order valence-electron chi connectivity index (χ4n) is 3.50. The average Bonchev–Trinajstić information content (AvgIpc) is 3.31. The van der Waals surface area contributed by atoms with E-state index in [-0.39, 0.29) is 42.1 Å². The van der Waals surface area contributed by atoms with Gasteiger partial charge in [0.1, 0.15) is 12.0 Å². The second-order valence-electron chi connectivity index (χ2n) is 7.58. The van der Waals surface area contributed by atoms with E-state index in [4.69, 9.17) is 4.52 Å². The van der Waals surface area contributed by atoms with Gasteiger partial charge in [0.2, 0.25) is 23.6 Å². The Balaban J connectivity index is 1.56. The van der Waals surface area contributed by atoms with E-state index < -0.39 is 5.95 Å². The molecular formula is C24H25FN4O4. The first-order chi connectivity index (χ1) is 15.9. The third-order valence-electron chi connectivity index (χ3n) is 5.33. The van der Waals surface area contributed by atoms with E-state index >= 15 is 0 Å². The fourth-order valence-corrected chi connectivity index (χ4v) is 3.50. The highest BCUT2D eigenvalue weighted by molar-refractivity contribution is 5.82. The molecule has 1 aliphatic rings. The number of aldehydes is 1. The fraction of sp³-hybridized carbons (Fsp3) is 0.292. The molecule has 0 fully saturated rings. The molecular weight excluding hydrogens is 427 g/mol. The molecule has 3 rings (SSSR count). The van der Waals surface area contributed by atoms with Gasteiger partial charge in [0.05, 0.1) is 0 Å². The van der Waals surface area contributed by atoms with Crippen LogP contribution >= 0.6 is 0 Å². The zero-order valence-corrected chi connectivity index (χ0v) is 18.3. The first-order valence-electron chi connectivity index (χ1n) is 10.5. The SMILES string of the molecule is C=C(/C=C\C(O)=C/C)c1noc(CCC(=O)NC2=C(C=O)CC(c3cccnc3F)CC2)n1. The van der Waals surface area contributed by atoms with E-state index in [9.17, 15) is 19.1 Å². The number of halogens is 1. The van der Waals surface area contributed by atoms with E-state index in [1.54, 1.807) is 25.1 Å². The molecule has 0 radical (unpaired) electrons. The summed E-state index contributed by atoms with van der Waals surface area (Å²) < 4.78 is 19.1. The van der Waals surface area contributed by atoms with Crippen molar-refractivity contribution in [1.82, 2.24) is 20.4 Å². The van der Waals surface area contributed by atoms with Crippen LogP contribution in [0.25, 0.3) is 5.57 Å². The number of hydrogen-bond acceptors (Lipinski definition) is 7. The molecule has 1 unspecified atom stereocenters. The first-order valence-corrected chi connectivity index (χ1v) is 10.5. The number of nitrogens with one attached hydrogen (secondary N) is 1. The lowest BCUT2D eigenvalue weighted by atomic mass is 9.83. The molecule has 2 aromatic rings. The van der Waals surface area contributed by atoms with E-state index in [1.165, 1.54) is 18.3 Å². The highest BCUT2D eigenvalue weighted by atomic mass is 19.1. The van der Waals surface area contributed by atoms with Gasteiger partial charge in [-0.15, -0.1) is 0 Å². The molecule has 0 bridgehead atoms. The highest BCUT2D eigenvalue weighted by Crippen LogP contribution is 2.35. The summed E-state index contributed by atoms with van der Waals surface area (Å²) in [6.07, 6.45) is 8.33. The number of amides is 1. The molecule has 2 heterocycles. The van der Waals surface area contributed by atoms with Crippen molar-refractivity contribution in [3.63, 3.8) is 0 Å². The number of hydrogen-bond donors (Lipinski definition) is 2. The van der Waals surface area contributed by atoms with Gasteiger partial charge in [0, 0.05) is 41.4 Å². The minimum atomic E-state index is -0.532. The van der Waals surface area contributed by atoms with Gasteiger partial charge >= 0.3 is 0 Å². The molecule has 8 nitrogen and oxygen atoms in total. The number of carbonyl (C=O) groups is 2. The van der Waals surface area contributed by atoms with E-state index in [0.717, 1.165) is 0 Å². The van der Waals surface area contributed by atoms with Crippen LogP contribution in [0.15, 0.2) is 64.7 Å². The van der Waals surface area contributed by atoms with Crippen molar-refractivity contribution >= 4 is 17.8 Å². The lowest BCUT2D eigenvalue weighted by molar-refractivity contribution is -0.120. The number of pyridine rings is 1. The molecule has 0 saturated carbocycles. The zero-order chi connectivity index (χ0) is 23.8. The van der Waals surface area contributed by atoms with Crippen LogP contribution in [-0.4, -0.2) is 32.4 Å². The van der Waals surface area contributed by atoms with E-state index in [2.05, 4.69) is 27.0 Å². The summed E-state index contributed by atoms with van der Waals surface area (Å²) in [5, 5.41) is 16.1. The molecule has 1 atom stereocenters. The lowest BCUT2D eigenvalue weighted by Crippen LogP contribution is -2.27. The Hall–Kier alpha value is -3.88. The molecule has 0 aromatic carbocycles. The zero-order valence-electron chi connectivity index (χ0n) is 18.3. The van der Waals surface area contributed by atoms with Crippen LogP contribution in [0, 0.1) is 5.95 Å². The smallest absolute Gasteiger partial charge is 0.227 e. The Labute approximate surface area is 190 Å². The normalized spacial score (nSPS) is 16.8. The molecule has 33 heavy (non-hydrogen) atoms. The van der Waals surface area contributed by atoms with Crippen LogP contribution in [-0.2, 0) is 16.0 Å². The van der Waals surface area contributed by atoms with Crippen molar-refractivity contribution in [3.05, 3.63) is 83.4 Å². The van der Waals surface area contributed by atoms with Gasteiger partial charge in [0.25, 0.3) is 0 Å². The van der Waals surface area contributed by atoms with Gasteiger partial charge in [-0.05, 0) is 56.4 Å². The molecule has 0 spiro atoms. The lowest BCUT2D eigenvalue weighted by Gasteiger charge is -2.25. The summed E-state index contributed by atoms with van der Waals surface area (Å²) in [4.78, 5) is 31.9. The van der Waals surface area contributed by atoms with Crippen molar-refractivity contribution in [3.8, 4) is 0 Å². The quantitative estimate of drug-likeness (QED) is 0.254. The molecule has 0 saturated heterocycles. The van der Waals surface area contributed by atoms with Crippen LogP contribution in [0.3, 0.4) is 0 Å². The van der Waals surface area contributed by atoms with Crippen LogP contribution < -0.4 is 5.32 Å². The monoisotopic (exact) mass is 452 g/mol. The maximum absolute atomic E-state index is 14.0. The average molecular weight is 452 g/mol. The Morgan fingerprint density at radius 2 is 2.24 bits per heavy atom. The van der Waals surface area contributed by atoms with Crippen molar-refractivity contribution in [1.29, 1.82) is 0 Å². The molecule has 2 N–H and O–H groups in total. The third kappa shape index (κ3) is 6.31. The Bertz CT molecular complexity index is 1130. The first kappa shape index (κ1) is 23.8. The van der Waals surface area contributed by atoms with Crippen LogP contribution in [0.4, 0.5) is 4.39 Å². The Morgan fingerprint density at radius 3 is 2.97 bits per heavy atom. The second kappa shape index (κ2) is 11.1. The van der Waals surface area contributed by atoms with E-state index in [1.807, 2.05) is 0 Å². The van der Waals surface area contributed by atoms with Gasteiger partial charge in [0.15, 0.2) is 0 Å². The number of aryl methyl sites for hydroxylation is 1. The summed E-state index contributed by atoms with van der Waals surface area (Å²) in [7, 11) is 0. The van der Waals surface area contributed by atoms with Gasteiger partial charge in [-0.1, -0.05) is 17.8 Å². The standard InChI is InChI=1S/C24H25FN4O4/c1-3-18(31)8-6-15(2)24-28-22(33-29-24)11-10-21(32)27-20-9-7-16(13-17(20)14-30)19-5-4-12-26-23(19)25/h3-6,8,12,14,16,31H,2,7,9-11,13H2,1H3,(H,27,32)/b8-6-,18-3+. The number of aromatic nitrogens is 3. The number of rotatable bonds is 9. The minimum Gasteiger partial charge on any atom is -0.508 e. The van der Waals surface area contributed by atoms with Gasteiger partial charge in [-0.25, -0.2) is 4.98 Å². The maximum Gasteiger partial charge on any atom is 0.227 e. The number of aliphatic hydroxyl groups excluding tert-OH is 1. The summed E-state index contributed by atoms with van der Waals surface area (Å²) in [5.74, 6) is -0.362. The topological polar surface area (TPSA) is 118 Å². The molecule has 9 heteroatoms. The summed E-state index contributed by atoms with van der Waals surface area (Å²) in [6, 6.07) is 3.34. The minimum absolute atomic E-state index is 0.0829. The highest BCUT2D eigenvalue weighted by Gasteiger charge is 2.25. The molecule has 2 aromatic heterocycles. The van der Waals surface area contributed by atoms with Gasteiger partial charge in [-0.3, -0.25) is 9.59 Å². The second-order valence-corrected chi connectivity index (χ2v) is 7.58. The van der Waals surface area contributed by atoms with Crippen molar-refractivity contribution in [2.75, 3.05) is 0 Å².